The monoisotopic (exact) mass is 497 g/mol. The lowest BCUT2D eigenvalue weighted by atomic mass is 9.94. The predicted molar refractivity (Wildman–Crippen MR) is 150 cm³/mol. The first-order valence-corrected chi connectivity index (χ1v) is 12.7. The minimum absolute atomic E-state index is 0.148. The summed E-state index contributed by atoms with van der Waals surface area (Å²) >= 11 is 0. The third-order valence-corrected chi connectivity index (χ3v) is 6.76. The van der Waals surface area contributed by atoms with Gasteiger partial charge in [-0.25, -0.2) is 4.98 Å². The van der Waals surface area contributed by atoms with Crippen LogP contribution in [0.25, 0.3) is 22.0 Å². The molecule has 0 aliphatic carbocycles. The summed E-state index contributed by atoms with van der Waals surface area (Å²) in [5, 5.41) is 3.94. The van der Waals surface area contributed by atoms with Crippen molar-refractivity contribution < 1.29 is 4.79 Å². The van der Waals surface area contributed by atoms with Gasteiger partial charge in [-0.3, -0.25) is 14.6 Å². The van der Waals surface area contributed by atoms with E-state index in [1.54, 1.807) is 0 Å². The summed E-state index contributed by atoms with van der Waals surface area (Å²) in [5.41, 5.74) is 8.49. The summed E-state index contributed by atoms with van der Waals surface area (Å²) in [5.74, 6) is 0.681. The van der Waals surface area contributed by atoms with Crippen molar-refractivity contribution in [1.29, 1.82) is 0 Å². The zero-order chi connectivity index (χ0) is 26.9. The van der Waals surface area contributed by atoms with Gasteiger partial charge in [-0.15, -0.1) is 0 Å². The first-order chi connectivity index (χ1) is 17.6. The summed E-state index contributed by atoms with van der Waals surface area (Å²) in [6, 6.07) is 9.94. The number of carbonyl (C=O) groups is 1. The van der Waals surface area contributed by atoms with Crippen LogP contribution in [0.15, 0.2) is 41.3 Å². The molecular formula is C30H35N5O2. The number of aryl methyl sites for hydroxylation is 5. The molecule has 0 radical (unpaired) electrons. The summed E-state index contributed by atoms with van der Waals surface area (Å²) in [4.78, 5) is 40.1. The van der Waals surface area contributed by atoms with Gasteiger partial charge in [-0.05, 0) is 80.6 Å². The minimum Gasteiger partial charge on any atom is -0.363 e. The Morgan fingerprint density at radius 1 is 1.05 bits per heavy atom. The van der Waals surface area contributed by atoms with E-state index in [2.05, 4.69) is 41.3 Å². The molecule has 0 fully saturated rings. The molecule has 37 heavy (non-hydrogen) atoms. The van der Waals surface area contributed by atoms with Crippen molar-refractivity contribution in [2.24, 2.45) is 0 Å². The van der Waals surface area contributed by atoms with Crippen molar-refractivity contribution in [3.8, 4) is 11.1 Å². The average Bonchev–Trinajstić information content (AvgIpc) is 2.83. The van der Waals surface area contributed by atoms with Gasteiger partial charge in [-0.2, -0.15) is 0 Å². The number of pyridine rings is 3. The third kappa shape index (κ3) is 5.26. The quantitative estimate of drug-likeness (QED) is 0.368. The largest absolute Gasteiger partial charge is 0.363 e. The highest BCUT2D eigenvalue weighted by Gasteiger charge is 2.18. The van der Waals surface area contributed by atoms with E-state index in [1.165, 1.54) is 0 Å². The van der Waals surface area contributed by atoms with Crippen LogP contribution >= 0.6 is 0 Å². The highest BCUT2D eigenvalue weighted by molar-refractivity contribution is 6.04. The Balaban J connectivity index is 1.70. The van der Waals surface area contributed by atoms with Crippen molar-refractivity contribution in [3.63, 3.8) is 0 Å². The molecule has 0 unspecified atom stereocenters. The standard InChI is InChI=1S/C30H35N5O2/c1-8-9-21-13-18(3)34-30(37)26(21)16-32-29(36)22-10-11-23-24(14-19(4)33-28(23)20(22)5)25-15-31-27(35(6)7)12-17(25)2/h10-15H,8-9,16H2,1-7H3,(H,32,36)(H,34,37). The molecule has 0 saturated heterocycles. The van der Waals surface area contributed by atoms with Crippen LogP contribution in [-0.4, -0.2) is 35.0 Å². The molecule has 3 heterocycles. The Labute approximate surface area is 218 Å². The number of carbonyl (C=O) groups excluding carboxylic acids is 1. The molecule has 0 atom stereocenters. The number of H-pyrrole nitrogens is 1. The van der Waals surface area contributed by atoms with E-state index in [9.17, 15) is 9.59 Å². The van der Waals surface area contributed by atoms with E-state index >= 15 is 0 Å². The maximum Gasteiger partial charge on any atom is 0.253 e. The van der Waals surface area contributed by atoms with Crippen LogP contribution in [0.5, 0.6) is 0 Å². The lowest BCUT2D eigenvalue weighted by Gasteiger charge is -2.17. The number of aromatic nitrogens is 3. The zero-order valence-electron chi connectivity index (χ0n) is 22.7. The Hall–Kier alpha value is -4.00. The van der Waals surface area contributed by atoms with Gasteiger partial charge in [0.05, 0.1) is 5.52 Å². The third-order valence-electron chi connectivity index (χ3n) is 6.76. The second-order valence-electron chi connectivity index (χ2n) is 9.92. The number of nitrogens with zero attached hydrogens (tertiary/aromatic N) is 3. The fourth-order valence-electron chi connectivity index (χ4n) is 4.83. The maximum absolute atomic E-state index is 13.3. The Morgan fingerprint density at radius 2 is 1.81 bits per heavy atom. The van der Waals surface area contributed by atoms with Gasteiger partial charge in [0.1, 0.15) is 5.82 Å². The molecule has 0 bridgehead atoms. The fraction of sp³-hybridized carbons (Fsp3) is 0.333. The first-order valence-electron chi connectivity index (χ1n) is 12.7. The molecule has 1 aromatic carbocycles. The normalized spacial score (nSPS) is 11.1. The molecule has 7 heteroatoms. The van der Waals surface area contributed by atoms with E-state index in [0.29, 0.717) is 11.1 Å². The van der Waals surface area contributed by atoms with Crippen LogP contribution in [-0.2, 0) is 13.0 Å². The number of aromatic amines is 1. The highest BCUT2D eigenvalue weighted by Crippen LogP contribution is 2.33. The fourth-order valence-corrected chi connectivity index (χ4v) is 4.83. The molecule has 2 N–H and O–H groups in total. The molecule has 3 aromatic heterocycles. The van der Waals surface area contributed by atoms with Gasteiger partial charge >= 0.3 is 0 Å². The van der Waals surface area contributed by atoms with Crippen molar-refractivity contribution in [2.45, 2.75) is 54.0 Å². The second kappa shape index (κ2) is 10.5. The number of amides is 1. The SMILES string of the molecule is CCCc1cc(C)[nH]c(=O)c1CNC(=O)c1ccc2c(-c3cnc(N(C)C)cc3C)cc(C)nc2c1C. The number of anilines is 1. The number of hydrogen-bond donors (Lipinski definition) is 2. The van der Waals surface area contributed by atoms with E-state index in [0.717, 1.165) is 68.8 Å². The molecule has 0 saturated carbocycles. The van der Waals surface area contributed by atoms with E-state index < -0.39 is 0 Å². The van der Waals surface area contributed by atoms with E-state index in [4.69, 9.17) is 4.98 Å². The average molecular weight is 498 g/mol. The molecule has 7 nitrogen and oxygen atoms in total. The van der Waals surface area contributed by atoms with Gasteiger partial charge in [0, 0.05) is 60.3 Å². The van der Waals surface area contributed by atoms with Crippen LogP contribution in [0.2, 0.25) is 0 Å². The van der Waals surface area contributed by atoms with Gasteiger partial charge in [-0.1, -0.05) is 19.4 Å². The Kier molecular flexibility index (Phi) is 7.43. The molecule has 192 valence electrons. The number of nitrogens with one attached hydrogen (secondary N) is 2. The summed E-state index contributed by atoms with van der Waals surface area (Å²) < 4.78 is 0. The summed E-state index contributed by atoms with van der Waals surface area (Å²) in [7, 11) is 3.95. The van der Waals surface area contributed by atoms with Gasteiger partial charge < -0.3 is 15.2 Å². The van der Waals surface area contributed by atoms with Gasteiger partial charge in [0.2, 0.25) is 0 Å². The van der Waals surface area contributed by atoms with Gasteiger partial charge in [0.15, 0.2) is 0 Å². The highest BCUT2D eigenvalue weighted by atomic mass is 16.1. The maximum atomic E-state index is 13.3. The van der Waals surface area contributed by atoms with E-state index in [-0.39, 0.29) is 18.0 Å². The Bertz CT molecular complexity index is 1550. The Morgan fingerprint density at radius 3 is 2.49 bits per heavy atom. The molecule has 1 amide bonds. The van der Waals surface area contributed by atoms with Crippen molar-refractivity contribution in [2.75, 3.05) is 19.0 Å². The first kappa shape index (κ1) is 26.1. The summed E-state index contributed by atoms with van der Waals surface area (Å²) in [6.07, 6.45) is 3.62. The second-order valence-corrected chi connectivity index (χ2v) is 9.92. The number of rotatable bonds is 7. The topological polar surface area (TPSA) is 91.0 Å². The van der Waals surface area contributed by atoms with Crippen LogP contribution in [0.1, 0.15) is 57.3 Å². The lowest BCUT2D eigenvalue weighted by molar-refractivity contribution is 0.0950. The predicted octanol–water partition coefficient (Wildman–Crippen LogP) is 5.17. The van der Waals surface area contributed by atoms with Crippen molar-refractivity contribution in [3.05, 3.63) is 86.1 Å². The smallest absolute Gasteiger partial charge is 0.253 e. The van der Waals surface area contributed by atoms with Gasteiger partial charge in [0.25, 0.3) is 11.5 Å². The van der Waals surface area contributed by atoms with Crippen LogP contribution in [0.4, 0.5) is 5.82 Å². The van der Waals surface area contributed by atoms with Crippen LogP contribution in [0, 0.1) is 27.7 Å². The molecule has 0 aliphatic rings. The van der Waals surface area contributed by atoms with Crippen LogP contribution in [0.3, 0.4) is 0 Å². The summed E-state index contributed by atoms with van der Waals surface area (Å²) in [6.45, 7) is 10.1. The lowest BCUT2D eigenvalue weighted by Crippen LogP contribution is -2.29. The zero-order valence-corrected chi connectivity index (χ0v) is 22.7. The van der Waals surface area contributed by atoms with Crippen LogP contribution < -0.4 is 15.8 Å². The van der Waals surface area contributed by atoms with Crippen molar-refractivity contribution in [1.82, 2.24) is 20.3 Å². The van der Waals surface area contributed by atoms with Crippen molar-refractivity contribution >= 4 is 22.6 Å². The van der Waals surface area contributed by atoms with E-state index in [1.807, 2.05) is 64.2 Å². The molecule has 0 aliphatic heterocycles. The minimum atomic E-state index is -0.222. The molecule has 4 aromatic rings. The molecule has 0 spiro atoms. The number of hydrogen-bond acceptors (Lipinski definition) is 5. The molecule has 4 rings (SSSR count). The number of fused-ring (bicyclic) bond motifs is 1. The number of benzene rings is 1. The molecular weight excluding hydrogens is 462 g/mol.